The molecule has 2 aromatic rings. The van der Waals surface area contributed by atoms with Gasteiger partial charge in [-0.15, -0.1) is 18.3 Å². The number of ether oxygens (including phenoxy) is 2. The van der Waals surface area contributed by atoms with Gasteiger partial charge in [0.05, 0.1) is 34.5 Å². The predicted octanol–water partition coefficient (Wildman–Crippen LogP) is 8.31. The number of methoxy groups -OCH3 is 1. The van der Waals surface area contributed by atoms with Crippen molar-refractivity contribution in [1.29, 1.82) is 0 Å². The number of nitrogens with zero attached hydrogens (tertiary/aromatic N) is 1. The highest BCUT2D eigenvalue weighted by Crippen LogP contribution is 2.50. The van der Waals surface area contributed by atoms with E-state index >= 15 is 0 Å². The van der Waals surface area contributed by atoms with Crippen molar-refractivity contribution in [2.45, 2.75) is 60.9 Å². The second kappa shape index (κ2) is 16.0. The SMILES string of the molecule is C=C[C@H]1CN2C(SC(CC)[Si](OC)(OC)OC)CC1C[C@H]2[C@H](OC(=O)Nc1cc(C(F)(F)F)cc(C(F)(F)F)c1)C1=CCNc2ccc(OC)cc21. The summed E-state index contributed by atoms with van der Waals surface area (Å²) in [6, 6.07) is 5.87. The molecular formula is C35H43F6N3O6SSi. The van der Waals surface area contributed by atoms with Crippen LogP contribution in [0.2, 0.25) is 0 Å². The standard InChI is InChI=1S/C35H43F6N3O6SSi/c1-7-20-19-44-29(13-21(20)14-30(44)51-31(8-2)52(47-4,48-5)49-6)32(26-11-12-42-28-10-9-25(46-3)18-27(26)28)50-33(45)43-24-16-22(34(36,37)38)15-23(17-24)35(39,40)41/h7,9-11,15-18,20-21,29-32,42H,1,8,12-14,19H2,2-6H3,(H,43,45)/t20-,21?,29-,30?,31?,32+/m0/s1. The van der Waals surface area contributed by atoms with Crippen LogP contribution in [0.15, 0.2) is 55.1 Å². The maximum atomic E-state index is 13.7. The smallest absolute Gasteiger partial charge is 0.497 e. The summed E-state index contributed by atoms with van der Waals surface area (Å²) < 4.78 is 111. The van der Waals surface area contributed by atoms with Crippen LogP contribution in [0.25, 0.3) is 5.57 Å². The van der Waals surface area contributed by atoms with Crippen molar-refractivity contribution in [3.05, 3.63) is 71.8 Å². The Morgan fingerprint density at radius 1 is 1.04 bits per heavy atom. The average Bonchev–Trinajstić information content (AvgIpc) is 3.12. The van der Waals surface area contributed by atoms with Crippen molar-refractivity contribution in [3.63, 3.8) is 0 Å². The number of piperidine rings is 3. The normalized spacial score (nSPS) is 24.2. The van der Waals surface area contributed by atoms with E-state index in [0.29, 0.717) is 54.9 Å². The predicted molar refractivity (Wildman–Crippen MR) is 189 cm³/mol. The molecular weight excluding hydrogens is 733 g/mol. The summed E-state index contributed by atoms with van der Waals surface area (Å²) in [4.78, 5) is 15.8. The van der Waals surface area contributed by atoms with Gasteiger partial charge in [-0.3, -0.25) is 10.2 Å². The minimum absolute atomic E-state index is 0.00119. The number of amides is 1. The molecule has 4 heterocycles. The molecule has 2 bridgehead atoms. The van der Waals surface area contributed by atoms with Gasteiger partial charge in [0, 0.05) is 56.9 Å². The summed E-state index contributed by atoms with van der Waals surface area (Å²) in [7, 11) is 3.10. The number of carbonyl (C=O) groups excluding carboxylic acids is 1. The third kappa shape index (κ3) is 8.28. The van der Waals surface area contributed by atoms with Crippen LogP contribution < -0.4 is 15.4 Å². The van der Waals surface area contributed by atoms with Gasteiger partial charge in [-0.05, 0) is 67.5 Å². The van der Waals surface area contributed by atoms with Crippen LogP contribution in [0.1, 0.15) is 42.9 Å². The first-order chi connectivity index (χ1) is 24.6. The number of nitrogens with one attached hydrogen (secondary N) is 2. The van der Waals surface area contributed by atoms with Gasteiger partial charge in [-0.2, -0.15) is 26.3 Å². The first kappa shape index (κ1) is 40.0. The van der Waals surface area contributed by atoms with Crippen LogP contribution in [-0.4, -0.2) is 83.7 Å². The fourth-order valence-corrected chi connectivity index (χ4v) is 12.6. The molecule has 0 saturated carbocycles. The van der Waals surface area contributed by atoms with Crippen molar-refractivity contribution >= 4 is 43.6 Å². The molecule has 52 heavy (non-hydrogen) atoms. The number of carbonyl (C=O) groups is 1. The topological polar surface area (TPSA) is 90.5 Å². The third-order valence-electron chi connectivity index (χ3n) is 9.99. The van der Waals surface area contributed by atoms with Crippen molar-refractivity contribution < 1.29 is 53.9 Å². The largest absolute Gasteiger partial charge is 0.513 e. The Hall–Kier alpha value is -3.22. The fraction of sp³-hybridized carbons (Fsp3) is 0.514. The summed E-state index contributed by atoms with van der Waals surface area (Å²) in [6.45, 7) is 7.04. The van der Waals surface area contributed by atoms with Crippen LogP contribution in [0.3, 0.4) is 0 Å². The Balaban J connectivity index is 1.54. The molecule has 0 radical (unpaired) electrons. The van der Waals surface area contributed by atoms with E-state index in [1.54, 1.807) is 45.2 Å². The van der Waals surface area contributed by atoms with E-state index in [2.05, 4.69) is 22.1 Å². The van der Waals surface area contributed by atoms with E-state index in [1.165, 1.54) is 7.11 Å². The molecule has 286 valence electrons. The Kier molecular flexibility index (Phi) is 12.3. The lowest BCUT2D eigenvalue weighted by Gasteiger charge is -2.56. The number of benzene rings is 2. The van der Waals surface area contributed by atoms with Crippen molar-refractivity contribution in [2.75, 3.05) is 52.2 Å². The van der Waals surface area contributed by atoms with Crippen LogP contribution >= 0.6 is 11.8 Å². The Morgan fingerprint density at radius 3 is 2.23 bits per heavy atom. The number of rotatable bonds is 13. The lowest BCUT2D eigenvalue weighted by Crippen LogP contribution is -2.62. The van der Waals surface area contributed by atoms with E-state index in [9.17, 15) is 31.1 Å². The van der Waals surface area contributed by atoms with Gasteiger partial charge < -0.3 is 28.1 Å². The maximum Gasteiger partial charge on any atom is 0.513 e. The first-order valence-corrected chi connectivity index (χ1v) is 19.4. The molecule has 0 aliphatic carbocycles. The molecule has 17 heteroatoms. The molecule has 4 unspecified atom stereocenters. The minimum Gasteiger partial charge on any atom is -0.497 e. The number of hydrogen-bond acceptors (Lipinski definition) is 9. The highest BCUT2D eigenvalue weighted by Gasteiger charge is 2.54. The van der Waals surface area contributed by atoms with Gasteiger partial charge in [0.25, 0.3) is 0 Å². The number of alkyl halides is 6. The summed E-state index contributed by atoms with van der Waals surface area (Å²) in [5.41, 5.74) is -1.77. The summed E-state index contributed by atoms with van der Waals surface area (Å²) >= 11 is 1.67. The molecule has 0 spiro atoms. The minimum atomic E-state index is -5.10. The average molecular weight is 776 g/mol. The molecule has 4 aliphatic rings. The molecule has 9 nitrogen and oxygen atoms in total. The van der Waals surface area contributed by atoms with Crippen molar-refractivity contribution in [3.8, 4) is 5.75 Å². The molecule has 6 rings (SSSR count). The molecule has 3 saturated heterocycles. The monoisotopic (exact) mass is 775 g/mol. The zero-order valence-corrected chi connectivity index (χ0v) is 31.2. The van der Waals surface area contributed by atoms with Gasteiger partial charge >= 0.3 is 27.3 Å². The first-order valence-electron chi connectivity index (χ1n) is 16.7. The lowest BCUT2D eigenvalue weighted by molar-refractivity contribution is -0.143. The van der Waals surface area contributed by atoms with E-state index in [-0.39, 0.29) is 28.1 Å². The number of halogens is 6. The van der Waals surface area contributed by atoms with E-state index in [0.717, 1.165) is 12.1 Å². The van der Waals surface area contributed by atoms with Gasteiger partial charge in [0.15, 0.2) is 0 Å². The summed E-state index contributed by atoms with van der Waals surface area (Å²) in [5.74, 6) is 0.805. The van der Waals surface area contributed by atoms with Crippen molar-refractivity contribution in [2.24, 2.45) is 11.8 Å². The molecule has 2 N–H and O–H groups in total. The quantitative estimate of drug-likeness (QED) is 0.119. The second-order valence-electron chi connectivity index (χ2n) is 12.8. The van der Waals surface area contributed by atoms with Crippen LogP contribution in [0, 0.1) is 11.8 Å². The molecule has 7 atom stereocenters. The summed E-state index contributed by atoms with van der Waals surface area (Å²) in [5, 5.41) is 5.36. The number of thioether (sulfide) groups is 1. The molecule has 1 amide bonds. The van der Waals surface area contributed by atoms with E-state index in [4.69, 9.17) is 22.8 Å². The molecule has 2 aromatic carbocycles. The van der Waals surface area contributed by atoms with Gasteiger partial charge in [0.2, 0.25) is 0 Å². The molecule has 3 fully saturated rings. The number of anilines is 2. The van der Waals surface area contributed by atoms with Crippen LogP contribution in [0.5, 0.6) is 5.75 Å². The highest BCUT2D eigenvalue weighted by atomic mass is 32.2. The molecule has 4 aliphatic heterocycles. The Morgan fingerprint density at radius 2 is 1.69 bits per heavy atom. The molecule has 0 aromatic heterocycles. The zero-order chi connectivity index (χ0) is 38.0. The second-order valence-corrected chi connectivity index (χ2v) is 17.7. The van der Waals surface area contributed by atoms with Crippen LogP contribution in [0.4, 0.5) is 42.5 Å². The zero-order valence-electron chi connectivity index (χ0n) is 29.4. The third-order valence-corrected chi connectivity index (χ3v) is 15.6. The number of fused-ring (bicyclic) bond motifs is 4. The van der Waals surface area contributed by atoms with Crippen LogP contribution in [-0.2, 0) is 30.4 Å². The summed E-state index contributed by atoms with van der Waals surface area (Å²) in [6.07, 6.45) is -6.56. The van der Waals surface area contributed by atoms with Gasteiger partial charge in [-0.1, -0.05) is 19.1 Å². The van der Waals surface area contributed by atoms with E-state index < -0.39 is 56.2 Å². The fourth-order valence-electron chi connectivity index (χ4n) is 7.44. The Bertz CT molecular complexity index is 1600. The maximum absolute atomic E-state index is 13.7. The van der Waals surface area contributed by atoms with Crippen molar-refractivity contribution in [1.82, 2.24) is 4.90 Å². The number of hydrogen-bond donors (Lipinski definition) is 2. The van der Waals surface area contributed by atoms with Gasteiger partial charge in [0.1, 0.15) is 11.9 Å². The lowest BCUT2D eigenvalue weighted by atomic mass is 9.72. The van der Waals surface area contributed by atoms with Gasteiger partial charge in [-0.25, -0.2) is 4.79 Å². The highest BCUT2D eigenvalue weighted by molar-refractivity contribution is 8.02. The Labute approximate surface area is 304 Å². The van der Waals surface area contributed by atoms with E-state index in [1.807, 2.05) is 25.1 Å².